The zero-order chi connectivity index (χ0) is 29.9. The maximum absolute atomic E-state index is 12.8. The van der Waals surface area contributed by atoms with Gasteiger partial charge in [-0.3, -0.25) is 4.90 Å². The molecule has 1 aliphatic heterocycles. The average molecular weight is 606 g/mol. The van der Waals surface area contributed by atoms with Gasteiger partial charge < -0.3 is 15.0 Å². The van der Waals surface area contributed by atoms with Gasteiger partial charge in [0, 0.05) is 42.2 Å². The third-order valence-corrected chi connectivity index (χ3v) is 9.50. The van der Waals surface area contributed by atoms with Crippen LogP contribution in [0, 0.1) is 0 Å². The second-order valence-electron chi connectivity index (χ2n) is 11.1. The summed E-state index contributed by atoms with van der Waals surface area (Å²) in [7, 11) is 0. The van der Waals surface area contributed by atoms with Gasteiger partial charge in [0.25, 0.3) is 0 Å². The van der Waals surface area contributed by atoms with Gasteiger partial charge in [0.05, 0.1) is 5.00 Å². The molecule has 2 heterocycles. The molecule has 43 heavy (non-hydrogen) atoms. The number of amides is 1. The molecule has 1 aromatic heterocycles. The Balaban J connectivity index is 1.08. The maximum Gasteiger partial charge on any atom is 0.408 e. The maximum atomic E-state index is 12.8. The molecule has 3 aromatic carbocycles. The Hall–Kier alpha value is -3.82. The van der Waals surface area contributed by atoms with Crippen LogP contribution in [0.3, 0.4) is 0 Å². The summed E-state index contributed by atoms with van der Waals surface area (Å²) in [5.74, 6) is 0. The van der Waals surface area contributed by atoms with Crippen molar-refractivity contribution in [3.63, 3.8) is 0 Å². The van der Waals surface area contributed by atoms with Crippen molar-refractivity contribution < 1.29 is 22.7 Å². The fourth-order valence-corrected chi connectivity index (χ4v) is 7.30. The third-order valence-electron chi connectivity index (χ3n) is 8.30. The van der Waals surface area contributed by atoms with Crippen LogP contribution in [0.2, 0.25) is 0 Å². The van der Waals surface area contributed by atoms with Crippen LogP contribution in [0.5, 0.6) is 0 Å². The number of anilines is 1. The van der Waals surface area contributed by atoms with Crippen LogP contribution in [0.15, 0.2) is 91.0 Å². The standard InChI is InChI=1S/C34H34F3N3O2S/c35-34(36,37)24-38-32(41)42-33(28-14-6-4-12-26(28)27-13-5-7-15-29(27)33)18-8-9-19-39-20-22-40(23-21-39)31-17-16-30(43-31)25-10-2-1-3-11-25/h1-7,10-17H,8-9,18-24H2,(H,38,41). The molecule has 0 bridgehead atoms. The van der Waals surface area contributed by atoms with Crippen molar-refractivity contribution in [2.24, 2.45) is 0 Å². The Kier molecular flexibility index (Phi) is 8.45. The number of fused-ring (bicyclic) bond motifs is 3. The van der Waals surface area contributed by atoms with Crippen LogP contribution in [0.25, 0.3) is 21.6 Å². The van der Waals surface area contributed by atoms with E-state index < -0.39 is 24.4 Å². The summed E-state index contributed by atoms with van der Waals surface area (Å²) in [6.07, 6.45) is -3.46. The van der Waals surface area contributed by atoms with Crippen molar-refractivity contribution in [3.8, 4) is 21.6 Å². The summed E-state index contributed by atoms with van der Waals surface area (Å²) in [6, 6.07) is 30.2. The van der Waals surface area contributed by atoms with Crippen LogP contribution in [0.1, 0.15) is 30.4 Å². The number of thiophene rings is 1. The molecule has 6 rings (SSSR count). The molecule has 0 radical (unpaired) electrons. The van der Waals surface area contributed by atoms with Crippen molar-refractivity contribution in [3.05, 3.63) is 102 Å². The number of hydrogen-bond donors (Lipinski definition) is 1. The Morgan fingerprint density at radius 1 is 0.814 bits per heavy atom. The summed E-state index contributed by atoms with van der Waals surface area (Å²) >= 11 is 1.83. The Bertz CT molecular complexity index is 1500. The first kappa shape index (κ1) is 29.3. The van der Waals surface area contributed by atoms with Gasteiger partial charge >= 0.3 is 12.3 Å². The van der Waals surface area contributed by atoms with E-state index in [1.807, 2.05) is 71.3 Å². The second-order valence-corrected chi connectivity index (χ2v) is 12.1. The highest BCUT2D eigenvalue weighted by molar-refractivity contribution is 7.19. The number of nitrogens with one attached hydrogen (secondary N) is 1. The van der Waals surface area contributed by atoms with Gasteiger partial charge in [-0.2, -0.15) is 13.2 Å². The number of halogens is 3. The molecule has 1 saturated heterocycles. The van der Waals surface area contributed by atoms with Gasteiger partial charge in [-0.1, -0.05) is 78.9 Å². The molecule has 0 spiro atoms. The number of carbonyl (C=O) groups excluding carboxylic acids is 1. The fourth-order valence-electron chi connectivity index (χ4n) is 6.24. The monoisotopic (exact) mass is 605 g/mol. The molecule has 1 aliphatic carbocycles. The predicted molar refractivity (Wildman–Crippen MR) is 165 cm³/mol. The number of alkyl halides is 3. The van der Waals surface area contributed by atoms with Gasteiger partial charge in [0.2, 0.25) is 0 Å². The van der Waals surface area contributed by atoms with Gasteiger partial charge in [-0.05, 0) is 54.6 Å². The Morgan fingerprint density at radius 2 is 1.44 bits per heavy atom. The molecule has 0 unspecified atom stereocenters. The highest BCUT2D eigenvalue weighted by atomic mass is 32.1. The van der Waals surface area contributed by atoms with E-state index in [0.29, 0.717) is 6.42 Å². The molecule has 224 valence electrons. The molecular formula is C34H34F3N3O2S. The molecule has 4 aromatic rings. The quantitative estimate of drug-likeness (QED) is 0.197. The Labute approximate surface area is 253 Å². The average Bonchev–Trinajstić information content (AvgIpc) is 3.62. The van der Waals surface area contributed by atoms with Crippen LogP contribution >= 0.6 is 11.3 Å². The van der Waals surface area contributed by atoms with Gasteiger partial charge in [-0.15, -0.1) is 11.3 Å². The smallest absolute Gasteiger partial charge is 0.408 e. The van der Waals surface area contributed by atoms with E-state index in [4.69, 9.17) is 4.74 Å². The number of piperazine rings is 1. The zero-order valence-electron chi connectivity index (χ0n) is 23.8. The lowest BCUT2D eigenvalue weighted by Crippen LogP contribution is -2.46. The van der Waals surface area contributed by atoms with E-state index in [0.717, 1.165) is 67.8 Å². The normalized spacial score (nSPS) is 16.0. The number of nitrogens with zero attached hydrogens (tertiary/aromatic N) is 2. The van der Waals surface area contributed by atoms with Gasteiger partial charge in [0.1, 0.15) is 6.54 Å². The minimum Gasteiger partial charge on any atom is -0.433 e. The summed E-state index contributed by atoms with van der Waals surface area (Å²) < 4.78 is 44.5. The highest BCUT2D eigenvalue weighted by Crippen LogP contribution is 2.52. The third kappa shape index (κ3) is 6.43. The molecule has 9 heteroatoms. The van der Waals surface area contributed by atoms with E-state index >= 15 is 0 Å². The lowest BCUT2D eigenvalue weighted by atomic mass is 9.86. The van der Waals surface area contributed by atoms with Crippen LogP contribution in [-0.4, -0.2) is 56.4 Å². The number of unbranched alkanes of at least 4 members (excludes halogenated alkanes) is 1. The molecule has 0 saturated carbocycles. The van der Waals surface area contributed by atoms with Crippen molar-refractivity contribution in [1.82, 2.24) is 10.2 Å². The first-order chi connectivity index (χ1) is 20.8. The van der Waals surface area contributed by atoms with E-state index in [2.05, 4.69) is 46.2 Å². The van der Waals surface area contributed by atoms with Crippen molar-refractivity contribution in [1.29, 1.82) is 0 Å². The van der Waals surface area contributed by atoms with Crippen molar-refractivity contribution >= 4 is 22.4 Å². The van der Waals surface area contributed by atoms with Gasteiger partial charge in [0.15, 0.2) is 5.60 Å². The van der Waals surface area contributed by atoms with Crippen molar-refractivity contribution in [2.45, 2.75) is 31.0 Å². The number of alkyl carbamates (subject to hydrolysis) is 1. The van der Waals surface area contributed by atoms with E-state index in [-0.39, 0.29) is 0 Å². The van der Waals surface area contributed by atoms with Crippen LogP contribution in [0.4, 0.5) is 23.0 Å². The number of carbonyl (C=O) groups is 1. The second kappa shape index (κ2) is 12.4. The molecule has 0 atom stereocenters. The molecular weight excluding hydrogens is 571 g/mol. The Morgan fingerprint density at radius 3 is 2.09 bits per heavy atom. The molecule has 1 N–H and O–H groups in total. The lowest BCUT2D eigenvalue weighted by molar-refractivity contribution is -0.124. The van der Waals surface area contributed by atoms with Crippen LogP contribution in [-0.2, 0) is 10.3 Å². The largest absolute Gasteiger partial charge is 0.433 e. The minimum absolute atomic E-state index is 0.484. The molecule has 2 aliphatic rings. The number of ether oxygens (including phenoxy) is 1. The predicted octanol–water partition coefficient (Wildman–Crippen LogP) is 7.92. The fraction of sp³-hybridized carbons (Fsp3) is 0.324. The summed E-state index contributed by atoms with van der Waals surface area (Å²) in [5.41, 5.74) is 3.63. The first-order valence-electron chi connectivity index (χ1n) is 14.7. The van der Waals surface area contributed by atoms with Gasteiger partial charge in [-0.25, -0.2) is 4.79 Å². The summed E-state index contributed by atoms with van der Waals surface area (Å²) in [4.78, 5) is 18.9. The van der Waals surface area contributed by atoms with E-state index in [1.54, 1.807) is 0 Å². The highest BCUT2D eigenvalue weighted by Gasteiger charge is 2.46. The number of benzene rings is 3. The summed E-state index contributed by atoms with van der Waals surface area (Å²) in [5, 5.41) is 3.20. The molecule has 1 fully saturated rings. The number of hydrogen-bond acceptors (Lipinski definition) is 5. The van der Waals surface area contributed by atoms with E-state index in [9.17, 15) is 18.0 Å². The molecule has 5 nitrogen and oxygen atoms in total. The lowest BCUT2D eigenvalue weighted by Gasteiger charge is -2.36. The van der Waals surface area contributed by atoms with Crippen LogP contribution < -0.4 is 10.2 Å². The van der Waals surface area contributed by atoms with Crippen molar-refractivity contribution in [2.75, 3.05) is 44.2 Å². The molecule has 1 amide bonds. The first-order valence-corrected chi connectivity index (χ1v) is 15.5. The minimum atomic E-state index is -4.52. The summed E-state index contributed by atoms with van der Waals surface area (Å²) in [6.45, 7) is 3.32. The van der Waals surface area contributed by atoms with E-state index in [1.165, 1.54) is 15.4 Å². The SMILES string of the molecule is O=C(NCC(F)(F)F)OC1(CCCCN2CCN(c3ccc(-c4ccccc4)s3)CC2)c2ccccc2-c2ccccc21. The number of rotatable bonds is 9. The topological polar surface area (TPSA) is 44.8 Å². The zero-order valence-corrected chi connectivity index (χ0v) is 24.6.